The van der Waals surface area contributed by atoms with E-state index in [1.54, 1.807) is 37.6 Å². The zero-order chi connectivity index (χ0) is 20.1. The summed E-state index contributed by atoms with van der Waals surface area (Å²) in [5.74, 6) is 0.951. The molecule has 0 saturated heterocycles. The fourth-order valence-corrected chi connectivity index (χ4v) is 4.44. The largest absolute Gasteiger partial charge is 0.507 e. The predicted molar refractivity (Wildman–Crippen MR) is 112 cm³/mol. The Labute approximate surface area is 166 Å². The minimum absolute atomic E-state index is 0.0776. The molecule has 2 aromatic carbocycles. The number of guanidine groups is 1. The maximum atomic E-state index is 12.4. The Bertz CT molecular complexity index is 1120. The second-order valence-electron chi connectivity index (χ2n) is 7.12. The SMILES string of the molecule is COc1ccc(O)c(-c2cc([C@]3(C)CC(=O)N(C)C(N)=N3)cc3ccsc23)c1. The van der Waals surface area contributed by atoms with Crippen LogP contribution in [0.3, 0.4) is 0 Å². The molecule has 1 amide bonds. The van der Waals surface area contributed by atoms with E-state index in [1.165, 1.54) is 4.90 Å². The predicted octanol–water partition coefficient (Wildman–Crippen LogP) is 3.67. The number of amides is 1. The number of thiophene rings is 1. The number of benzene rings is 2. The third-order valence-electron chi connectivity index (χ3n) is 5.24. The summed E-state index contributed by atoms with van der Waals surface area (Å²) < 4.78 is 6.38. The minimum atomic E-state index is -0.771. The minimum Gasteiger partial charge on any atom is -0.507 e. The van der Waals surface area contributed by atoms with Gasteiger partial charge in [0.25, 0.3) is 0 Å². The first-order valence-electron chi connectivity index (χ1n) is 8.83. The molecule has 3 N–H and O–H groups in total. The van der Waals surface area contributed by atoms with Crippen molar-refractivity contribution in [1.29, 1.82) is 0 Å². The number of hydrogen-bond donors (Lipinski definition) is 2. The van der Waals surface area contributed by atoms with Crippen LogP contribution in [0.25, 0.3) is 21.2 Å². The van der Waals surface area contributed by atoms with E-state index in [2.05, 4.69) is 4.99 Å². The lowest BCUT2D eigenvalue weighted by atomic mass is 9.85. The summed E-state index contributed by atoms with van der Waals surface area (Å²) in [6, 6.07) is 11.2. The van der Waals surface area contributed by atoms with Gasteiger partial charge in [-0.1, -0.05) is 0 Å². The van der Waals surface area contributed by atoms with Crippen LogP contribution in [0, 0.1) is 0 Å². The van der Waals surface area contributed by atoms with Gasteiger partial charge in [-0.05, 0) is 59.7 Å². The summed E-state index contributed by atoms with van der Waals surface area (Å²) in [4.78, 5) is 18.4. The van der Waals surface area contributed by atoms with Gasteiger partial charge < -0.3 is 15.6 Å². The van der Waals surface area contributed by atoms with E-state index in [4.69, 9.17) is 10.5 Å². The lowest BCUT2D eigenvalue weighted by Crippen LogP contribution is -2.47. The van der Waals surface area contributed by atoms with Gasteiger partial charge in [0.2, 0.25) is 5.91 Å². The van der Waals surface area contributed by atoms with Crippen molar-refractivity contribution in [2.75, 3.05) is 14.2 Å². The van der Waals surface area contributed by atoms with Gasteiger partial charge in [0.05, 0.1) is 19.1 Å². The number of fused-ring (bicyclic) bond motifs is 1. The van der Waals surface area contributed by atoms with Crippen molar-refractivity contribution in [2.24, 2.45) is 10.7 Å². The molecule has 4 rings (SSSR count). The van der Waals surface area contributed by atoms with Crippen molar-refractivity contribution in [2.45, 2.75) is 18.9 Å². The Kier molecular flexibility index (Phi) is 4.27. The number of rotatable bonds is 3. The number of aliphatic imine (C=N–C) groups is 1. The van der Waals surface area contributed by atoms with Crippen molar-refractivity contribution in [3.05, 3.63) is 47.3 Å². The molecule has 0 fully saturated rings. The highest BCUT2D eigenvalue weighted by molar-refractivity contribution is 7.17. The van der Waals surface area contributed by atoms with Crippen molar-refractivity contribution in [3.8, 4) is 22.6 Å². The lowest BCUT2D eigenvalue weighted by Gasteiger charge is -2.34. The van der Waals surface area contributed by atoms with Gasteiger partial charge in [0.15, 0.2) is 5.96 Å². The van der Waals surface area contributed by atoms with Crippen molar-refractivity contribution in [1.82, 2.24) is 4.90 Å². The van der Waals surface area contributed by atoms with Crippen molar-refractivity contribution in [3.63, 3.8) is 0 Å². The molecule has 2 heterocycles. The fourth-order valence-electron chi connectivity index (χ4n) is 3.53. The molecule has 1 atom stereocenters. The number of carbonyl (C=O) groups excluding carboxylic acids is 1. The summed E-state index contributed by atoms with van der Waals surface area (Å²) in [7, 11) is 3.22. The highest BCUT2D eigenvalue weighted by Gasteiger charge is 2.36. The maximum absolute atomic E-state index is 12.4. The number of nitrogens with zero attached hydrogens (tertiary/aromatic N) is 2. The van der Waals surface area contributed by atoms with Gasteiger partial charge in [0.1, 0.15) is 11.5 Å². The summed E-state index contributed by atoms with van der Waals surface area (Å²) in [5.41, 5.74) is 7.64. The second kappa shape index (κ2) is 6.53. The highest BCUT2D eigenvalue weighted by atomic mass is 32.1. The number of phenols is 1. The van der Waals surface area contributed by atoms with Crippen LogP contribution >= 0.6 is 11.3 Å². The molecule has 28 heavy (non-hydrogen) atoms. The zero-order valence-corrected chi connectivity index (χ0v) is 16.7. The van der Waals surface area contributed by atoms with Gasteiger partial charge in [-0.25, -0.2) is 4.99 Å². The Morgan fingerprint density at radius 3 is 2.75 bits per heavy atom. The van der Waals surface area contributed by atoms with Gasteiger partial charge in [-0.15, -0.1) is 11.3 Å². The molecule has 1 aromatic heterocycles. The van der Waals surface area contributed by atoms with Crippen LogP contribution in [0.5, 0.6) is 11.5 Å². The number of phenolic OH excluding ortho intramolecular Hbond substituents is 1. The van der Waals surface area contributed by atoms with Crippen molar-refractivity contribution >= 4 is 33.3 Å². The van der Waals surface area contributed by atoms with Crippen LogP contribution in [-0.4, -0.2) is 36.0 Å². The number of ether oxygens (including phenoxy) is 1. The first kappa shape index (κ1) is 18.3. The third kappa shape index (κ3) is 2.88. The summed E-state index contributed by atoms with van der Waals surface area (Å²) in [6.07, 6.45) is 0.226. The molecule has 1 aliphatic rings. The molecular weight excluding hydrogens is 374 g/mol. The van der Waals surface area contributed by atoms with E-state index in [0.717, 1.165) is 21.2 Å². The Morgan fingerprint density at radius 1 is 1.25 bits per heavy atom. The monoisotopic (exact) mass is 395 g/mol. The molecule has 3 aromatic rings. The van der Waals surface area contributed by atoms with E-state index in [1.807, 2.05) is 36.6 Å². The first-order valence-corrected chi connectivity index (χ1v) is 9.71. The average molecular weight is 395 g/mol. The molecular formula is C21H21N3O3S. The zero-order valence-electron chi connectivity index (χ0n) is 15.9. The maximum Gasteiger partial charge on any atom is 0.231 e. The molecule has 7 heteroatoms. The number of methoxy groups -OCH3 is 1. The summed E-state index contributed by atoms with van der Waals surface area (Å²) in [6.45, 7) is 1.91. The standard InChI is InChI=1S/C21H21N3O3S/c1-21(11-18(26)24(2)20(22)23-21)13-8-12-6-7-28-19(12)16(9-13)15-10-14(27-3)4-5-17(15)25/h4-10,25H,11H2,1-3H3,(H2,22,23)/t21-/m0/s1. The van der Waals surface area contributed by atoms with Crippen LogP contribution in [0.15, 0.2) is 46.8 Å². The number of hydrogen-bond acceptors (Lipinski definition) is 6. The first-order chi connectivity index (χ1) is 13.3. The molecule has 0 bridgehead atoms. The average Bonchev–Trinajstić information content (AvgIpc) is 3.14. The molecule has 0 saturated carbocycles. The lowest BCUT2D eigenvalue weighted by molar-refractivity contribution is -0.128. The molecule has 0 radical (unpaired) electrons. The van der Waals surface area contributed by atoms with Crippen molar-refractivity contribution < 1.29 is 14.6 Å². The van der Waals surface area contributed by atoms with Crippen LogP contribution < -0.4 is 10.5 Å². The molecule has 144 valence electrons. The number of nitrogens with two attached hydrogens (primary N) is 1. The summed E-state index contributed by atoms with van der Waals surface area (Å²) in [5, 5.41) is 13.5. The Hall–Kier alpha value is -3.06. The van der Waals surface area contributed by atoms with Crippen LogP contribution in [-0.2, 0) is 10.3 Å². The van der Waals surface area contributed by atoms with Crippen LogP contribution in [0.2, 0.25) is 0 Å². The summed E-state index contributed by atoms with van der Waals surface area (Å²) >= 11 is 1.60. The molecule has 0 unspecified atom stereocenters. The van der Waals surface area contributed by atoms with Crippen LogP contribution in [0.1, 0.15) is 18.9 Å². The normalized spacial score (nSPS) is 19.8. The molecule has 0 spiro atoms. The molecule has 0 aliphatic carbocycles. The smallest absolute Gasteiger partial charge is 0.231 e. The van der Waals surface area contributed by atoms with Gasteiger partial charge >= 0.3 is 0 Å². The van der Waals surface area contributed by atoms with E-state index < -0.39 is 5.54 Å². The number of carbonyl (C=O) groups is 1. The van der Waals surface area contributed by atoms with E-state index in [0.29, 0.717) is 11.3 Å². The second-order valence-corrected chi connectivity index (χ2v) is 8.04. The third-order valence-corrected chi connectivity index (χ3v) is 6.20. The number of aromatic hydroxyl groups is 1. The molecule has 6 nitrogen and oxygen atoms in total. The van der Waals surface area contributed by atoms with Gasteiger partial charge in [-0.3, -0.25) is 9.69 Å². The molecule has 1 aliphatic heterocycles. The van der Waals surface area contributed by atoms with Crippen LogP contribution in [0.4, 0.5) is 0 Å². The van der Waals surface area contributed by atoms with Gasteiger partial charge in [-0.2, -0.15) is 0 Å². The van der Waals surface area contributed by atoms with E-state index in [9.17, 15) is 9.90 Å². The van der Waals surface area contributed by atoms with E-state index >= 15 is 0 Å². The fraction of sp³-hybridized carbons (Fsp3) is 0.238. The Morgan fingerprint density at radius 2 is 2.04 bits per heavy atom. The van der Waals surface area contributed by atoms with E-state index in [-0.39, 0.29) is 24.0 Å². The van der Waals surface area contributed by atoms with Gasteiger partial charge in [0, 0.05) is 22.9 Å². The quantitative estimate of drug-likeness (QED) is 0.708. The Balaban J connectivity index is 1.96. The highest BCUT2D eigenvalue weighted by Crippen LogP contribution is 2.43. The topological polar surface area (TPSA) is 88.2 Å².